The third-order valence-electron chi connectivity index (χ3n) is 5.53. The van der Waals surface area contributed by atoms with Gasteiger partial charge in [0.2, 0.25) is 0 Å². The molecule has 0 unspecified atom stereocenters. The van der Waals surface area contributed by atoms with Gasteiger partial charge in [-0.05, 0) is 66.4 Å². The maximum Gasteiger partial charge on any atom is 0.138 e. The van der Waals surface area contributed by atoms with Crippen molar-refractivity contribution in [2.75, 3.05) is 13.1 Å². The first-order chi connectivity index (χ1) is 14.3. The van der Waals surface area contributed by atoms with E-state index in [4.69, 9.17) is 0 Å². The number of nitrogens with zero attached hydrogens (tertiary/aromatic N) is 6. The molecule has 6 nitrogen and oxygen atoms in total. The Kier molecular flexibility index (Phi) is 4.84. The van der Waals surface area contributed by atoms with Crippen molar-refractivity contribution in [1.29, 1.82) is 0 Å². The van der Waals surface area contributed by atoms with Gasteiger partial charge in [0.25, 0.3) is 0 Å². The van der Waals surface area contributed by atoms with E-state index in [1.165, 1.54) is 17.5 Å². The molecule has 1 aliphatic heterocycles. The normalized spacial score (nSPS) is 16.9. The molecule has 1 fully saturated rings. The van der Waals surface area contributed by atoms with Crippen LogP contribution in [-0.2, 0) is 6.54 Å². The van der Waals surface area contributed by atoms with Crippen LogP contribution in [0.5, 0.6) is 0 Å². The van der Waals surface area contributed by atoms with Crippen LogP contribution in [0.2, 0.25) is 0 Å². The molecule has 0 aliphatic carbocycles. The molecule has 1 aromatic carbocycles. The van der Waals surface area contributed by atoms with Gasteiger partial charge in [-0.1, -0.05) is 12.1 Å². The molecule has 0 bridgehead atoms. The zero-order chi connectivity index (χ0) is 19.5. The lowest BCUT2D eigenvalue weighted by molar-refractivity contribution is 0.327. The second kappa shape index (κ2) is 7.93. The molecule has 1 saturated heterocycles. The SMILES string of the molecule is c1cc(-c2cc([C@@H]3CCN(Cc4ccc(-n5cncn5)cc4)C3)ccn2)ccn1. The van der Waals surface area contributed by atoms with Gasteiger partial charge in [-0.2, -0.15) is 5.10 Å². The van der Waals surface area contributed by atoms with Gasteiger partial charge in [0.1, 0.15) is 12.7 Å². The average molecular weight is 382 g/mol. The minimum Gasteiger partial charge on any atom is -0.298 e. The summed E-state index contributed by atoms with van der Waals surface area (Å²) in [4.78, 5) is 15.2. The average Bonchev–Trinajstić information content (AvgIpc) is 3.48. The molecule has 1 aliphatic rings. The van der Waals surface area contributed by atoms with E-state index in [0.29, 0.717) is 5.92 Å². The third-order valence-corrected chi connectivity index (χ3v) is 5.53. The van der Waals surface area contributed by atoms with Crippen LogP contribution >= 0.6 is 0 Å². The van der Waals surface area contributed by atoms with Crippen LogP contribution in [0.3, 0.4) is 0 Å². The van der Waals surface area contributed by atoms with E-state index in [2.05, 4.69) is 61.3 Å². The highest BCUT2D eigenvalue weighted by Crippen LogP contribution is 2.30. The van der Waals surface area contributed by atoms with Crippen molar-refractivity contribution in [1.82, 2.24) is 29.6 Å². The number of hydrogen-bond acceptors (Lipinski definition) is 5. The number of likely N-dealkylation sites (tertiary alicyclic amines) is 1. The van der Waals surface area contributed by atoms with E-state index in [1.54, 1.807) is 17.3 Å². The quantitative estimate of drug-likeness (QED) is 0.527. The summed E-state index contributed by atoms with van der Waals surface area (Å²) >= 11 is 0. The molecule has 144 valence electrons. The molecular formula is C23H22N6. The maximum absolute atomic E-state index is 4.54. The lowest BCUT2D eigenvalue weighted by Crippen LogP contribution is -2.19. The Labute approximate surface area is 169 Å². The van der Waals surface area contributed by atoms with Crippen molar-refractivity contribution in [3.8, 4) is 16.9 Å². The summed E-state index contributed by atoms with van der Waals surface area (Å²) < 4.78 is 1.78. The first-order valence-electron chi connectivity index (χ1n) is 9.88. The molecule has 4 aromatic rings. The predicted octanol–water partition coefficient (Wildman–Crippen LogP) is 3.71. The zero-order valence-electron chi connectivity index (χ0n) is 16.1. The highest BCUT2D eigenvalue weighted by Gasteiger charge is 2.24. The fourth-order valence-electron chi connectivity index (χ4n) is 3.98. The molecule has 6 heteroatoms. The Bertz CT molecular complexity index is 1060. The molecule has 3 aromatic heterocycles. The van der Waals surface area contributed by atoms with Crippen LogP contribution in [0.4, 0.5) is 0 Å². The smallest absolute Gasteiger partial charge is 0.138 e. The molecule has 1 atom stereocenters. The van der Waals surface area contributed by atoms with Gasteiger partial charge >= 0.3 is 0 Å². The maximum atomic E-state index is 4.54. The minimum atomic E-state index is 0.549. The van der Waals surface area contributed by atoms with Crippen LogP contribution in [0.15, 0.2) is 79.8 Å². The Morgan fingerprint density at radius 1 is 0.931 bits per heavy atom. The van der Waals surface area contributed by atoms with Crippen molar-refractivity contribution in [3.63, 3.8) is 0 Å². The van der Waals surface area contributed by atoms with Gasteiger partial charge in [-0.3, -0.25) is 14.9 Å². The lowest BCUT2D eigenvalue weighted by Gasteiger charge is -2.17. The summed E-state index contributed by atoms with van der Waals surface area (Å²) in [6.07, 6.45) is 10.0. The number of aromatic nitrogens is 5. The summed E-state index contributed by atoms with van der Waals surface area (Å²) in [6.45, 7) is 3.16. The second-order valence-electron chi connectivity index (χ2n) is 7.44. The molecule has 0 radical (unpaired) electrons. The van der Waals surface area contributed by atoms with Crippen molar-refractivity contribution >= 4 is 0 Å². The topological polar surface area (TPSA) is 59.7 Å². The van der Waals surface area contributed by atoms with Crippen molar-refractivity contribution in [2.45, 2.75) is 18.9 Å². The summed E-state index contributed by atoms with van der Waals surface area (Å²) in [5.74, 6) is 0.549. The lowest BCUT2D eigenvalue weighted by atomic mass is 9.97. The minimum absolute atomic E-state index is 0.549. The highest BCUT2D eigenvalue weighted by molar-refractivity contribution is 5.59. The number of rotatable bonds is 5. The van der Waals surface area contributed by atoms with Gasteiger partial charge in [-0.25, -0.2) is 9.67 Å². The third kappa shape index (κ3) is 3.93. The largest absolute Gasteiger partial charge is 0.298 e. The van der Waals surface area contributed by atoms with Crippen LogP contribution in [0, 0.1) is 0 Å². The summed E-state index contributed by atoms with van der Waals surface area (Å²) in [5, 5.41) is 4.18. The van der Waals surface area contributed by atoms with E-state index in [0.717, 1.165) is 36.6 Å². The Balaban J connectivity index is 1.25. The van der Waals surface area contributed by atoms with E-state index in [9.17, 15) is 0 Å². The fraction of sp³-hybridized carbons (Fsp3) is 0.217. The highest BCUT2D eigenvalue weighted by atomic mass is 15.3. The molecular weight excluding hydrogens is 360 g/mol. The molecule has 0 N–H and O–H groups in total. The van der Waals surface area contributed by atoms with Gasteiger partial charge in [0.15, 0.2) is 0 Å². The molecule has 0 amide bonds. The summed E-state index contributed by atoms with van der Waals surface area (Å²) in [7, 11) is 0. The van der Waals surface area contributed by atoms with Crippen molar-refractivity contribution in [3.05, 3.63) is 90.9 Å². The molecule has 0 spiro atoms. The first kappa shape index (κ1) is 17.7. The standard InChI is InChI=1S/C23H22N6/c1-3-22(29-17-25-16-27-29)4-2-18(1)14-28-12-8-21(15-28)20-7-11-26-23(13-20)19-5-9-24-10-6-19/h1-7,9-11,13,16-17,21H,8,12,14-15H2/t21-/m1/s1. The van der Waals surface area contributed by atoms with Gasteiger partial charge < -0.3 is 0 Å². The van der Waals surface area contributed by atoms with E-state index < -0.39 is 0 Å². The Morgan fingerprint density at radius 2 is 1.79 bits per heavy atom. The van der Waals surface area contributed by atoms with Crippen LogP contribution in [0.1, 0.15) is 23.5 Å². The van der Waals surface area contributed by atoms with Crippen LogP contribution in [0.25, 0.3) is 16.9 Å². The second-order valence-corrected chi connectivity index (χ2v) is 7.44. The molecule has 0 saturated carbocycles. The number of pyridine rings is 2. The Morgan fingerprint density at radius 3 is 2.59 bits per heavy atom. The summed E-state index contributed by atoms with van der Waals surface area (Å²) in [6, 6.07) is 17.0. The van der Waals surface area contributed by atoms with Gasteiger partial charge in [0.05, 0.1) is 11.4 Å². The first-order valence-corrected chi connectivity index (χ1v) is 9.88. The molecule has 5 rings (SSSR count). The van der Waals surface area contributed by atoms with E-state index in [1.807, 2.05) is 30.7 Å². The molecule has 29 heavy (non-hydrogen) atoms. The van der Waals surface area contributed by atoms with Crippen molar-refractivity contribution in [2.24, 2.45) is 0 Å². The zero-order valence-corrected chi connectivity index (χ0v) is 16.1. The van der Waals surface area contributed by atoms with Gasteiger partial charge in [-0.15, -0.1) is 0 Å². The predicted molar refractivity (Wildman–Crippen MR) is 111 cm³/mol. The van der Waals surface area contributed by atoms with E-state index in [-0.39, 0.29) is 0 Å². The summed E-state index contributed by atoms with van der Waals surface area (Å²) in [5.41, 5.74) is 5.86. The van der Waals surface area contributed by atoms with Crippen LogP contribution < -0.4 is 0 Å². The molecule has 4 heterocycles. The van der Waals surface area contributed by atoms with Crippen LogP contribution in [-0.4, -0.2) is 42.7 Å². The number of benzene rings is 1. The monoisotopic (exact) mass is 382 g/mol. The number of hydrogen-bond donors (Lipinski definition) is 0. The van der Waals surface area contributed by atoms with Gasteiger partial charge in [0, 0.05) is 37.2 Å². The Hall–Kier alpha value is -3.38. The van der Waals surface area contributed by atoms with Crippen molar-refractivity contribution < 1.29 is 0 Å². The fourth-order valence-corrected chi connectivity index (χ4v) is 3.98. The van der Waals surface area contributed by atoms with E-state index >= 15 is 0 Å².